The van der Waals surface area contributed by atoms with Crippen molar-refractivity contribution in [2.75, 3.05) is 39.4 Å². The molecule has 3 rings (SSSR count). The fourth-order valence-electron chi connectivity index (χ4n) is 3.80. The lowest BCUT2D eigenvalue weighted by Gasteiger charge is -2.22. The van der Waals surface area contributed by atoms with Gasteiger partial charge in [-0.15, -0.1) is 0 Å². The van der Waals surface area contributed by atoms with Gasteiger partial charge >= 0.3 is 0 Å². The van der Waals surface area contributed by atoms with Crippen molar-refractivity contribution >= 4 is 11.9 Å². The van der Waals surface area contributed by atoms with Gasteiger partial charge in [-0.25, -0.2) is 4.99 Å². The van der Waals surface area contributed by atoms with Crippen LogP contribution in [-0.4, -0.2) is 62.3 Å². The van der Waals surface area contributed by atoms with Crippen LogP contribution in [-0.2, 0) is 27.4 Å². The molecule has 0 aromatic heterocycles. The number of nitrogens with one attached hydrogen (secondary N) is 2. The summed E-state index contributed by atoms with van der Waals surface area (Å²) in [6.07, 6.45) is 4.89. The number of aliphatic imine (C=N–C) groups is 1. The lowest BCUT2D eigenvalue weighted by Crippen LogP contribution is -2.39. The van der Waals surface area contributed by atoms with Gasteiger partial charge in [0.1, 0.15) is 0 Å². The largest absolute Gasteiger partial charge is 0.381 e. The molecule has 0 bridgehead atoms. The number of guanidine groups is 1. The number of rotatable bonds is 10. The van der Waals surface area contributed by atoms with Crippen molar-refractivity contribution in [3.05, 3.63) is 35.4 Å². The summed E-state index contributed by atoms with van der Waals surface area (Å²) in [7, 11) is 0. The van der Waals surface area contributed by atoms with Crippen LogP contribution < -0.4 is 10.6 Å². The number of hydrogen-bond acceptors (Lipinski definition) is 4. The summed E-state index contributed by atoms with van der Waals surface area (Å²) in [5.74, 6) is 1.10. The summed E-state index contributed by atoms with van der Waals surface area (Å²) in [5.41, 5.74) is 2.35. The molecule has 0 atom stereocenters. The Balaban J connectivity index is 1.43. The minimum absolute atomic E-state index is 0.288. The summed E-state index contributed by atoms with van der Waals surface area (Å²) in [5, 5.41) is 6.67. The molecule has 0 radical (unpaired) electrons. The number of amides is 1. The van der Waals surface area contributed by atoms with Gasteiger partial charge < -0.3 is 25.0 Å². The van der Waals surface area contributed by atoms with Crippen LogP contribution in [0.5, 0.6) is 0 Å². The Morgan fingerprint density at radius 2 is 2.10 bits per heavy atom. The van der Waals surface area contributed by atoms with Crippen LogP contribution in [0.4, 0.5) is 0 Å². The average molecular weight is 417 g/mol. The fourth-order valence-corrected chi connectivity index (χ4v) is 3.80. The maximum Gasteiger partial charge on any atom is 0.222 e. The Morgan fingerprint density at radius 1 is 1.27 bits per heavy atom. The molecule has 1 aromatic carbocycles. The Kier molecular flexibility index (Phi) is 9.44. The van der Waals surface area contributed by atoms with Crippen molar-refractivity contribution in [2.24, 2.45) is 4.99 Å². The lowest BCUT2D eigenvalue weighted by atomic mass is 10.1. The van der Waals surface area contributed by atoms with Crippen LogP contribution in [0, 0.1) is 0 Å². The molecule has 0 aliphatic carbocycles. The zero-order valence-corrected chi connectivity index (χ0v) is 18.2. The Hall–Kier alpha value is -2.12. The normalized spacial score (nSPS) is 18.1. The van der Waals surface area contributed by atoms with Gasteiger partial charge in [0, 0.05) is 45.8 Å². The predicted molar refractivity (Wildman–Crippen MR) is 118 cm³/mol. The van der Waals surface area contributed by atoms with Crippen molar-refractivity contribution in [1.29, 1.82) is 0 Å². The Bertz CT molecular complexity index is 689. The van der Waals surface area contributed by atoms with E-state index >= 15 is 0 Å². The molecule has 7 nitrogen and oxygen atoms in total. The van der Waals surface area contributed by atoms with E-state index in [9.17, 15) is 4.79 Å². The van der Waals surface area contributed by atoms with Crippen LogP contribution in [0.1, 0.15) is 50.2 Å². The third-order valence-electron chi connectivity index (χ3n) is 5.48. The van der Waals surface area contributed by atoms with Crippen molar-refractivity contribution in [1.82, 2.24) is 15.5 Å². The van der Waals surface area contributed by atoms with Gasteiger partial charge in [0.25, 0.3) is 0 Å². The monoisotopic (exact) mass is 416 g/mol. The quantitative estimate of drug-likeness (QED) is 0.348. The number of carbonyl (C=O) groups is 1. The van der Waals surface area contributed by atoms with Crippen molar-refractivity contribution in [2.45, 2.75) is 58.3 Å². The van der Waals surface area contributed by atoms with Gasteiger partial charge in [-0.1, -0.05) is 24.3 Å². The molecule has 0 saturated carbocycles. The molecule has 2 aliphatic heterocycles. The van der Waals surface area contributed by atoms with Gasteiger partial charge in [0.2, 0.25) is 5.91 Å². The van der Waals surface area contributed by atoms with E-state index < -0.39 is 0 Å². The highest BCUT2D eigenvalue weighted by Crippen LogP contribution is 2.14. The first-order chi connectivity index (χ1) is 14.7. The molecule has 0 unspecified atom stereocenters. The topological polar surface area (TPSA) is 75.2 Å². The number of hydrogen-bond donors (Lipinski definition) is 2. The molecule has 2 fully saturated rings. The summed E-state index contributed by atoms with van der Waals surface area (Å²) in [6.45, 7) is 8.25. The first kappa shape index (κ1) is 22.6. The van der Waals surface area contributed by atoms with E-state index in [4.69, 9.17) is 14.5 Å². The van der Waals surface area contributed by atoms with Gasteiger partial charge in [0.05, 0.1) is 19.3 Å². The molecule has 30 heavy (non-hydrogen) atoms. The van der Waals surface area contributed by atoms with E-state index in [2.05, 4.69) is 41.8 Å². The average Bonchev–Trinajstić information content (AvgIpc) is 3.19. The molecular formula is C23H36N4O3. The van der Waals surface area contributed by atoms with E-state index in [-0.39, 0.29) is 5.91 Å². The Labute approximate surface area is 180 Å². The predicted octanol–water partition coefficient (Wildman–Crippen LogP) is 2.45. The number of ether oxygens (including phenoxy) is 2. The number of nitrogens with zero attached hydrogens (tertiary/aromatic N) is 2. The molecule has 2 heterocycles. The molecule has 7 heteroatoms. The maximum atomic E-state index is 11.7. The van der Waals surface area contributed by atoms with Crippen LogP contribution in [0.2, 0.25) is 0 Å². The van der Waals surface area contributed by atoms with Crippen molar-refractivity contribution in [3.8, 4) is 0 Å². The molecular weight excluding hydrogens is 380 g/mol. The second-order valence-corrected chi connectivity index (χ2v) is 7.90. The number of likely N-dealkylation sites (tertiary alicyclic amines) is 1. The third kappa shape index (κ3) is 7.61. The highest BCUT2D eigenvalue weighted by atomic mass is 16.5. The summed E-state index contributed by atoms with van der Waals surface area (Å²) in [4.78, 5) is 18.4. The standard InChI is InChI=1S/C23H36N4O3/c1-2-24-23(25-11-5-13-27-12-4-8-22(27)28)26-17-19-6-3-7-20(16-19)18-30-21-9-14-29-15-10-21/h3,6-7,16,21H,2,4-5,8-15,17-18H2,1H3,(H2,24,25,26). The maximum absolute atomic E-state index is 11.7. The van der Waals surface area contributed by atoms with E-state index in [1.54, 1.807) is 0 Å². The zero-order valence-electron chi connectivity index (χ0n) is 18.2. The van der Waals surface area contributed by atoms with E-state index in [1.807, 2.05) is 4.90 Å². The van der Waals surface area contributed by atoms with Crippen LogP contribution in [0.25, 0.3) is 0 Å². The SMILES string of the molecule is CCNC(=NCc1cccc(COC2CCOCC2)c1)NCCCN1CCCC1=O. The van der Waals surface area contributed by atoms with Crippen molar-refractivity contribution < 1.29 is 14.3 Å². The van der Waals surface area contributed by atoms with Gasteiger partial charge in [-0.05, 0) is 43.7 Å². The zero-order chi connectivity index (χ0) is 21.0. The minimum atomic E-state index is 0.288. The van der Waals surface area contributed by atoms with Crippen LogP contribution in [0.3, 0.4) is 0 Å². The van der Waals surface area contributed by atoms with Gasteiger partial charge in [0.15, 0.2) is 5.96 Å². The van der Waals surface area contributed by atoms with E-state index in [1.165, 1.54) is 11.1 Å². The van der Waals surface area contributed by atoms with Gasteiger partial charge in [-0.2, -0.15) is 0 Å². The molecule has 2 N–H and O–H groups in total. The summed E-state index contributed by atoms with van der Waals surface area (Å²) >= 11 is 0. The lowest BCUT2D eigenvalue weighted by molar-refractivity contribution is -0.127. The van der Waals surface area contributed by atoms with Crippen LogP contribution >= 0.6 is 0 Å². The van der Waals surface area contributed by atoms with E-state index in [0.29, 0.717) is 25.7 Å². The van der Waals surface area contributed by atoms with E-state index in [0.717, 1.165) is 71.0 Å². The minimum Gasteiger partial charge on any atom is -0.381 e. The summed E-state index contributed by atoms with van der Waals surface area (Å²) in [6, 6.07) is 8.45. The number of benzene rings is 1. The second-order valence-electron chi connectivity index (χ2n) is 7.90. The first-order valence-corrected chi connectivity index (χ1v) is 11.3. The highest BCUT2D eigenvalue weighted by molar-refractivity contribution is 5.79. The molecule has 0 spiro atoms. The van der Waals surface area contributed by atoms with Crippen molar-refractivity contribution in [3.63, 3.8) is 0 Å². The molecule has 2 saturated heterocycles. The van der Waals surface area contributed by atoms with Gasteiger partial charge in [-0.3, -0.25) is 4.79 Å². The molecule has 166 valence electrons. The Morgan fingerprint density at radius 3 is 2.87 bits per heavy atom. The highest BCUT2D eigenvalue weighted by Gasteiger charge is 2.19. The fraction of sp³-hybridized carbons (Fsp3) is 0.652. The molecule has 2 aliphatic rings. The molecule has 1 amide bonds. The smallest absolute Gasteiger partial charge is 0.222 e. The van der Waals surface area contributed by atoms with Crippen LogP contribution in [0.15, 0.2) is 29.3 Å². The third-order valence-corrected chi connectivity index (χ3v) is 5.48. The summed E-state index contributed by atoms with van der Waals surface area (Å²) < 4.78 is 11.4. The second kappa shape index (κ2) is 12.5. The number of carbonyl (C=O) groups excluding carboxylic acids is 1. The first-order valence-electron chi connectivity index (χ1n) is 11.3. The molecule has 1 aromatic rings.